The number of azo groups is 1. The van der Waals surface area contributed by atoms with Gasteiger partial charge >= 0.3 is 0 Å². The van der Waals surface area contributed by atoms with Crippen LogP contribution in [0.5, 0.6) is 23.0 Å². The number of amides is 1. The fourth-order valence-electron chi connectivity index (χ4n) is 2.75. The normalized spacial score (nSPS) is 11.7. The lowest BCUT2D eigenvalue weighted by atomic mass is 10.2. The molecule has 2 rings (SSSR count). The number of carbonyl (C=O) groups excluding carboxylic acids is 2. The SMILES string of the molecule is CCOc1cc(NC(=O)C(N=Nc2c(OC)ccc(OC)c2Cl)C(C)=O)cc(OCC)c1Cl. The molecule has 0 bridgehead atoms. The van der Waals surface area contributed by atoms with Crippen molar-refractivity contribution in [3.63, 3.8) is 0 Å². The summed E-state index contributed by atoms with van der Waals surface area (Å²) in [7, 11) is 2.87. The highest BCUT2D eigenvalue weighted by Gasteiger charge is 2.25. The molecule has 11 heteroatoms. The fraction of sp³-hybridized carbons (Fsp3) is 0.364. The van der Waals surface area contributed by atoms with Gasteiger partial charge in [-0.05, 0) is 32.9 Å². The Kier molecular flexibility index (Phi) is 9.74. The molecule has 2 aromatic rings. The van der Waals surface area contributed by atoms with Crippen molar-refractivity contribution in [2.24, 2.45) is 10.2 Å². The van der Waals surface area contributed by atoms with E-state index in [1.54, 1.807) is 26.0 Å². The number of Topliss-reactive ketones (excluding diaryl/α,β-unsaturated/α-hetero) is 1. The van der Waals surface area contributed by atoms with Gasteiger partial charge in [-0.1, -0.05) is 23.2 Å². The molecule has 0 aliphatic rings. The van der Waals surface area contributed by atoms with E-state index in [1.807, 2.05) is 0 Å². The third-order valence-electron chi connectivity index (χ3n) is 4.26. The summed E-state index contributed by atoms with van der Waals surface area (Å²) < 4.78 is 21.4. The molecule has 2 aromatic carbocycles. The maximum Gasteiger partial charge on any atom is 0.258 e. The fourth-order valence-corrected chi connectivity index (χ4v) is 3.24. The van der Waals surface area contributed by atoms with E-state index in [1.165, 1.54) is 33.3 Å². The summed E-state index contributed by atoms with van der Waals surface area (Å²) in [6.07, 6.45) is 0. The zero-order chi connectivity index (χ0) is 24.5. The van der Waals surface area contributed by atoms with E-state index in [4.69, 9.17) is 42.1 Å². The Labute approximate surface area is 202 Å². The Morgan fingerprint density at radius 2 is 1.48 bits per heavy atom. The summed E-state index contributed by atoms with van der Waals surface area (Å²) in [5.74, 6) is 0.0503. The third kappa shape index (κ3) is 6.49. The number of ketones is 1. The first-order chi connectivity index (χ1) is 15.8. The number of methoxy groups -OCH3 is 2. The Morgan fingerprint density at radius 3 is 1.97 bits per heavy atom. The van der Waals surface area contributed by atoms with Crippen LogP contribution >= 0.6 is 23.2 Å². The van der Waals surface area contributed by atoms with Crippen molar-refractivity contribution in [1.82, 2.24) is 0 Å². The van der Waals surface area contributed by atoms with Gasteiger partial charge < -0.3 is 24.3 Å². The lowest BCUT2D eigenvalue weighted by molar-refractivity contribution is -0.126. The smallest absolute Gasteiger partial charge is 0.258 e. The second kappa shape index (κ2) is 12.3. The zero-order valence-corrected chi connectivity index (χ0v) is 20.4. The van der Waals surface area contributed by atoms with Crippen LogP contribution in [-0.2, 0) is 9.59 Å². The van der Waals surface area contributed by atoms with E-state index < -0.39 is 17.7 Å². The van der Waals surface area contributed by atoms with Crippen LogP contribution in [0.15, 0.2) is 34.5 Å². The molecule has 1 amide bonds. The number of anilines is 1. The molecular formula is C22H25Cl2N3O6. The van der Waals surface area contributed by atoms with E-state index in [2.05, 4.69) is 15.5 Å². The molecule has 33 heavy (non-hydrogen) atoms. The molecule has 1 unspecified atom stereocenters. The number of halogens is 2. The van der Waals surface area contributed by atoms with Crippen LogP contribution in [0.4, 0.5) is 11.4 Å². The van der Waals surface area contributed by atoms with Gasteiger partial charge in [0.2, 0.25) is 6.04 Å². The highest BCUT2D eigenvalue weighted by Crippen LogP contribution is 2.42. The van der Waals surface area contributed by atoms with Gasteiger partial charge in [-0.2, -0.15) is 5.11 Å². The number of nitrogens with zero attached hydrogens (tertiary/aromatic N) is 2. The minimum atomic E-state index is -1.45. The van der Waals surface area contributed by atoms with Crippen LogP contribution in [0.25, 0.3) is 0 Å². The van der Waals surface area contributed by atoms with Gasteiger partial charge in [-0.15, -0.1) is 5.11 Å². The van der Waals surface area contributed by atoms with Crippen LogP contribution in [-0.4, -0.2) is 45.2 Å². The standard InChI is InChI=1S/C22H25Cl2N3O6/c1-6-32-16-10-13(11-17(18(16)23)33-7-2)25-22(29)20(12(3)28)26-27-21-15(31-5)9-8-14(30-4)19(21)24/h8-11,20H,6-7H2,1-5H3,(H,25,29). The van der Waals surface area contributed by atoms with Crippen molar-refractivity contribution in [2.45, 2.75) is 26.8 Å². The zero-order valence-electron chi connectivity index (χ0n) is 18.9. The molecule has 0 radical (unpaired) electrons. The highest BCUT2D eigenvalue weighted by molar-refractivity contribution is 6.35. The minimum absolute atomic E-state index is 0.126. The Bertz CT molecular complexity index is 1020. The van der Waals surface area contributed by atoms with Gasteiger partial charge in [0, 0.05) is 17.8 Å². The molecule has 0 aliphatic heterocycles. The molecule has 0 aliphatic carbocycles. The first-order valence-electron chi connectivity index (χ1n) is 9.99. The molecule has 0 fully saturated rings. The Morgan fingerprint density at radius 1 is 0.939 bits per heavy atom. The first kappa shape index (κ1) is 26.2. The van der Waals surface area contributed by atoms with Gasteiger partial charge in [0.25, 0.3) is 5.91 Å². The summed E-state index contributed by atoms with van der Waals surface area (Å²) in [6.45, 7) is 5.54. The van der Waals surface area contributed by atoms with Gasteiger partial charge in [0.1, 0.15) is 38.7 Å². The third-order valence-corrected chi connectivity index (χ3v) is 5.00. The molecule has 0 saturated heterocycles. The number of nitrogens with one attached hydrogen (secondary N) is 1. The molecule has 0 aromatic heterocycles. The van der Waals surface area contributed by atoms with E-state index in [-0.39, 0.29) is 15.7 Å². The molecule has 1 N–H and O–H groups in total. The van der Waals surface area contributed by atoms with Crippen LogP contribution < -0.4 is 24.3 Å². The van der Waals surface area contributed by atoms with Crippen LogP contribution in [0.3, 0.4) is 0 Å². The average molecular weight is 498 g/mol. The number of benzene rings is 2. The largest absolute Gasteiger partial charge is 0.495 e. The predicted molar refractivity (Wildman–Crippen MR) is 126 cm³/mol. The monoisotopic (exact) mass is 497 g/mol. The lowest BCUT2D eigenvalue weighted by Gasteiger charge is -2.15. The molecule has 0 spiro atoms. The van der Waals surface area contributed by atoms with Crippen LogP contribution in [0.1, 0.15) is 20.8 Å². The summed E-state index contributed by atoms with van der Waals surface area (Å²) >= 11 is 12.6. The predicted octanol–water partition coefficient (Wildman–Crippen LogP) is 5.49. The van der Waals surface area contributed by atoms with Gasteiger partial charge in [0.05, 0.1) is 27.4 Å². The number of rotatable bonds is 11. The molecule has 0 saturated carbocycles. The van der Waals surface area contributed by atoms with Crippen LogP contribution in [0.2, 0.25) is 10.0 Å². The number of carbonyl (C=O) groups is 2. The molecule has 9 nitrogen and oxygen atoms in total. The molecule has 178 valence electrons. The summed E-state index contributed by atoms with van der Waals surface area (Å²) in [4.78, 5) is 25.1. The maximum absolute atomic E-state index is 12.9. The maximum atomic E-state index is 12.9. The first-order valence-corrected chi connectivity index (χ1v) is 10.7. The Balaban J connectivity index is 2.37. The van der Waals surface area contributed by atoms with Gasteiger partial charge in [-0.3, -0.25) is 9.59 Å². The van der Waals surface area contributed by atoms with Crippen molar-refractivity contribution in [3.05, 3.63) is 34.3 Å². The van der Waals surface area contributed by atoms with E-state index in [0.717, 1.165) is 0 Å². The Hall–Kier alpha value is -3.04. The number of hydrogen-bond donors (Lipinski definition) is 1. The summed E-state index contributed by atoms with van der Waals surface area (Å²) in [6, 6.07) is 4.80. The van der Waals surface area contributed by atoms with Crippen molar-refractivity contribution < 1.29 is 28.5 Å². The van der Waals surface area contributed by atoms with Gasteiger partial charge in [-0.25, -0.2) is 0 Å². The topological polar surface area (TPSA) is 108 Å². The number of hydrogen-bond acceptors (Lipinski definition) is 8. The van der Waals surface area contributed by atoms with E-state index in [0.29, 0.717) is 41.9 Å². The molecule has 1 atom stereocenters. The molecular weight excluding hydrogens is 473 g/mol. The second-order valence-corrected chi connectivity index (χ2v) is 7.26. The number of ether oxygens (including phenoxy) is 4. The average Bonchev–Trinajstić information content (AvgIpc) is 2.77. The van der Waals surface area contributed by atoms with E-state index >= 15 is 0 Å². The molecule has 0 heterocycles. The van der Waals surface area contributed by atoms with Crippen LogP contribution in [0, 0.1) is 0 Å². The van der Waals surface area contributed by atoms with Gasteiger partial charge in [0.15, 0.2) is 5.78 Å². The van der Waals surface area contributed by atoms with E-state index in [9.17, 15) is 9.59 Å². The quantitative estimate of drug-likeness (QED) is 0.324. The highest BCUT2D eigenvalue weighted by atomic mass is 35.5. The minimum Gasteiger partial charge on any atom is -0.495 e. The van der Waals surface area contributed by atoms with Crippen molar-refractivity contribution in [2.75, 3.05) is 32.8 Å². The lowest BCUT2D eigenvalue weighted by Crippen LogP contribution is -2.31. The van der Waals surface area contributed by atoms with Crippen molar-refractivity contribution in [3.8, 4) is 23.0 Å². The van der Waals surface area contributed by atoms with Crippen molar-refractivity contribution >= 4 is 46.3 Å². The van der Waals surface area contributed by atoms with Crippen molar-refractivity contribution in [1.29, 1.82) is 0 Å². The second-order valence-electron chi connectivity index (χ2n) is 6.50. The summed E-state index contributed by atoms with van der Waals surface area (Å²) in [5.41, 5.74) is 0.441. The summed E-state index contributed by atoms with van der Waals surface area (Å²) in [5, 5.41) is 11.0.